The SMILES string of the molecule is CN(c1sc(C(=O)NCC(=O)N2CCNCC2)nc1-c1ccccc1)C1CCCCC1. The van der Waals surface area contributed by atoms with E-state index in [0.717, 1.165) is 29.3 Å². The summed E-state index contributed by atoms with van der Waals surface area (Å²) in [5.74, 6) is -0.330. The van der Waals surface area contributed by atoms with Crippen LogP contribution in [0.1, 0.15) is 41.9 Å². The Bertz CT molecular complexity index is 889. The van der Waals surface area contributed by atoms with Crippen molar-refractivity contribution in [3.05, 3.63) is 35.3 Å². The van der Waals surface area contributed by atoms with E-state index >= 15 is 0 Å². The molecule has 2 heterocycles. The molecule has 4 rings (SSSR count). The van der Waals surface area contributed by atoms with Crippen LogP contribution in [-0.4, -0.2) is 67.5 Å². The smallest absolute Gasteiger partial charge is 0.280 e. The molecule has 0 bridgehead atoms. The van der Waals surface area contributed by atoms with Crippen LogP contribution in [0.2, 0.25) is 0 Å². The van der Waals surface area contributed by atoms with Gasteiger partial charge in [0.2, 0.25) is 5.91 Å². The van der Waals surface area contributed by atoms with Crippen LogP contribution in [0.5, 0.6) is 0 Å². The molecule has 7 nitrogen and oxygen atoms in total. The van der Waals surface area contributed by atoms with Gasteiger partial charge in [-0.05, 0) is 12.8 Å². The molecule has 2 aliphatic rings. The molecule has 0 unspecified atom stereocenters. The van der Waals surface area contributed by atoms with Crippen molar-refractivity contribution in [2.45, 2.75) is 38.1 Å². The lowest BCUT2D eigenvalue weighted by molar-refractivity contribution is -0.130. The molecule has 0 spiro atoms. The van der Waals surface area contributed by atoms with Crippen molar-refractivity contribution in [3.8, 4) is 11.3 Å². The normalized spacial score (nSPS) is 17.4. The first-order valence-corrected chi connectivity index (χ1v) is 12.0. The third-order valence-corrected chi connectivity index (χ3v) is 7.31. The van der Waals surface area contributed by atoms with Crippen molar-refractivity contribution in [1.82, 2.24) is 20.5 Å². The Morgan fingerprint density at radius 2 is 1.87 bits per heavy atom. The maximum absolute atomic E-state index is 12.9. The zero-order valence-corrected chi connectivity index (χ0v) is 18.9. The lowest BCUT2D eigenvalue weighted by atomic mass is 9.94. The monoisotopic (exact) mass is 441 g/mol. The van der Waals surface area contributed by atoms with Gasteiger partial charge in [0.25, 0.3) is 5.91 Å². The highest BCUT2D eigenvalue weighted by Crippen LogP contribution is 2.38. The first kappa shape index (κ1) is 21.8. The average Bonchev–Trinajstić information content (AvgIpc) is 3.29. The quantitative estimate of drug-likeness (QED) is 0.721. The van der Waals surface area contributed by atoms with Crippen LogP contribution in [0.25, 0.3) is 11.3 Å². The van der Waals surface area contributed by atoms with E-state index in [1.807, 2.05) is 30.3 Å². The van der Waals surface area contributed by atoms with Gasteiger partial charge in [0.1, 0.15) is 10.7 Å². The van der Waals surface area contributed by atoms with Gasteiger partial charge in [-0.25, -0.2) is 4.98 Å². The number of amides is 2. The van der Waals surface area contributed by atoms with Crippen molar-refractivity contribution < 1.29 is 9.59 Å². The molecule has 2 N–H and O–H groups in total. The number of thiazole rings is 1. The minimum atomic E-state index is -0.283. The van der Waals surface area contributed by atoms with Crippen molar-refractivity contribution in [2.24, 2.45) is 0 Å². The number of nitrogens with one attached hydrogen (secondary N) is 2. The summed E-state index contributed by atoms with van der Waals surface area (Å²) in [7, 11) is 2.12. The Morgan fingerprint density at radius 3 is 2.58 bits per heavy atom. The fraction of sp³-hybridized carbons (Fsp3) is 0.522. The van der Waals surface area contributed by atoms with E-state index in [4.69, 9.17) is 4.98 Å². The van der Waals surface area contributed by atoms with Crippen molar-refractivity contribution in [2.75, 3.05) is 44.7 Å². The number of anilines is 1. The number of piperazine rings is 1. The summed E-state index contributed by atoms with van der Waals surface area (Å²) in [6.45, 7) is 2.96. The van der Waals surface area contributed by atoms with Gasteiger partial charge < -0.3 is 20.4 Å². The topological polar surface area (TPSA) is 77.6 Å². The van der Waals surface area contributed by atoms with Gasteiger partial charge >= 0.3 is 0 Å². The van der Waals surface area contributed by atoms with E-state index in [9.17, 15) is 9.59 Å². The van der Waals surface area contributed by atoms with E-state index in [0.29, 0.717) is 24.1 Å². The van der Waals surface area contributed by atoms with Gasteiger partial charge in [0.15, 0.2) is 5.01 Å². The number of nitrogens with zero attached hydrogens (tertiary/aromatic N) is 3. The lowest BCUT2D eigenvalue weighted by Crippen LogP contribution is -2.49. The molecule has 1 aromatic carbocycles. The fourth-order valence-corrected chi connectivity index (χ4v) is 5.36. The van der Waals surface area contributed by atoms with E-state index in [1.54, 1.807) is 4.90 Å². The third-order valence-electron chi connectivity index (χ3n) is 6.16. The largest absolute Gasteiger partial charge is 0.362 e. The second-order valence-electron chi connectivity index (χ2n) is 8.26. The van der Waals surface area contributed by atoms with E-state index in [1.165, 1.54) is 43.4 Å². The number of carbonyl (C=O) groups excluding carboxylic acids is 2. The maximum Gasteiger partial charge on any atom is 0.280 e. The van der Waals surface area contributed by atoms with Crippen LogP contribution >= 0.6 is 11.3 Å². The number of benzene rings is 1. The van der Waals surface area contributed by atoms with Crippen LogP contribution in [0.3, 0.4) is 0 Å². The molecule has 1 saturated heterocycles. The second kappa shape index (κ2) is 10.2. The standard InChI is InChI=1S/C23H31N5O2S/c1-27(18-10-6-3-7-11-18)23-20(17-8-4-2-5-9-17)26-22(31-23)21(30)25-16-19(29)28-14-12-24-13-15-28/h2,4-5,8-9,18,24H,3,6-7,10-16H2,1H3,(H,25,30). The number of rotatable bonds is 6. The Morgan fingerprint density at radius 1 is 1.16 bits per heavy atom. The summed E-state index contributed by atoms with van der Waals surface area (Å²) in [4.78, 5) is 34.1. The molecule has 31 heavy (non-hydrogen) atoms. The molecular weight excluding hydrogens is 410 g/mol. The average molecular weight is 442 g/mol. The molecule has 2 aromatic rings. The molecule has 1 aromatic heterocycles. The van der Waals surface area contributed by atoms with Crippen LogP contribution in [0.4, 0.5) is 5.00 Å². The number of hydrogen-bond donors (Lipinski definition) is 2. The Kier molecular flexibility index (Phi) is 7.19. The Labute approximate surface area is 187 Å². The molecule has 2 fully saturated rings. The predicted octanol–water partition coefficient (Wildman–Crippen LogP) is 2.74. The van der Waals surface area contributed by atoms with Crippen molar-refractivity contribution in [1.29, 1.82) is 0 Å². The highest BCUT2D eigenvalue weighted by molar-refractivity contribution is 7.18. The van der Waals surface area contributed by atoms with Crippen molar-refractivity contribution in [3.63, 3.8) is 0 Å². The molecule has 0 atom stereocenters. The van der Waals surface area contributed by atoms with Gasteiger partial charge in [-0.2, -0.15) is 0 Å². The summed E-state index contributed by atoms with van der Waals surface area (Å²) in [5, 5.41) is 7.45. The van der Waals surface area contributed by atoms with E-state index in [-0.39, 0.29) is 18.4 Å². The van der Waals surface area contributed by atoms with Gasteiger partial charge in [0.05, 0.1) is 6.54 Å². The van der Waals surface area contributed by atoms with Gasteiger partial charge in [-0.3, -0.25) is 9.59 Å². The molecular formula is C23H31N5O2S. The summed E-state index contributed by atoms with van der Waals surface area (Å²) in [6.07, 6.45) is 6.13. The number of hydrogen-bond acceptors (Lipinski definition) is 6. The minimum absolute atomic E-state index is 0.00683. The van der Waals surface area contributed by atoms with E-state index < -0.39 is 0 Å². The lowest BCUT2D eigenvalue weighted by Gasteiger charge is -2.32. The maximum atomic E-state index is 12.9. The highest BCUT2D eigenvalue weighted by Gasteiger charge is 2.26. The Hall–Kier alpha value is -2.45. The van der Waals surface area contributed by atoms with E-state index in [2.05, 4.69) is 22.6 Å². The first-order valence-electron chi connectivity index (χ1n) is 11.2. The van der Waals surface area contributed by atoms with Crippen LogP contribution in [-0.2, 0) is 4.79 Å². The van der Waals surface area contributed by atoms with Crippen LogP contribution < -0.4 is 15.5 Å². The molecule has 1 aliphatic heterocycles. The minimum Gasteiger partial charge on any atom is -0.362 e. The fourth-order valence-electron chi connectivity index (χ4n) is 4.32. The summed E-state index contributed by atoms with van der Waals surface area (Å²) < 4.78 is 0. The third kappa shape index (κ3) is 5.25. The van der Waals surface area contributed by atoms with Crippen LogP contribution in [0, 0.1) is 0 Å². The molecule has 0 radical (unpaired) electrons. The molecule has 2 amide bonds. The summed E-state index contributed by atoms with van der Waals surface area (Å²) in [5.41, 5.74) is 1.85. The first-order chi connectivity index (χ1) is 15.1. The highest BCUT2D eigenvalue weighted by atomic mass is 32.1. The summed E-state index contributed by atoms with van der Waals surface area (Å²) >= 11 is 1.42. The zero-order valence-electron chi connectivity index (χ0n) is 18.1. The number of carbonyl (C=O) groups is 2. The van der Waals surface area contributed by atoms with Gasteiger partial charge in [0, 0.05) is 44.8 Å². The molecule has 1 saturated carbocycles. The predicted molar refractivity (Wildman–Crippen MR) is 125 cm³/mol. The van der Waals surface area contributed by atoms with Gasteiger partial charge in [-0.1, -0.05) is 60.9 Å². The summed E-state index contributed by atoms with van der Waals surface area (Å²) in [6, 6.07) is 10.5. The van der Waals surface area contributed by atoms with Crippen molar-refractivity contribution >= 4 is 28.2 Å². The Balaban J connectivity index is 1.51. The van der Waals surface area contributed by atoms with Gasteiger partial charge in [-0.15, -0.1) is 0 Å². The van der Waals surface area contributed by atoms with Crippen LogP contribution in [0.15, 0.2) is 30.3 Å². The number of aromatic nitrogens is 1. The molecule has 8 heteroatoms. The second-order valence-corrected chi connectivity index (χ2v) is 9.23. The zero-order chi connectivity index (χ0) is 21.6. The molecule has 1 aliphatic carbocycles. The molecule has 166 valence electrons.